The van der Waals surface area contributed by atoms with E-state index in [1.165, 1.54) is 6.08 Å². The van der Waals surface area contributed by atoms with Gasteiger partial charge in [-0.3, -0.25) is 4.79 Å². The lowest BCUT2D eigenvalue weighted by atomic mass is 9.87. The molecule has 1 fully saturated rings. The summed E-state index contributed by atoms with van der Waals surface area (Å²) in [6.07, 6.45) is 3.93. The predicted molar refractivity (Wildman–Crippen MR) is 67.9 cm³/mol. The van der Waals surface area contributed by atoms with Crippen molar-refractivity contribution in [2.24, 2.45) is 5.92 Å². The number of esters is 2. The van der Waals surface area contributed by atoms with Gasteiger partial charge in [0.05, 0.1) is 5.92 Å². The van der Waals surface area contributed by atoms with E-state index in [9.17, 15) is 9.59 Å². The van der Waals surface area contributed by atoms with E-state index in [-0.39, 0.29) is 18.0 Å². The van der Waals surface area contributed by atoms with Crippen LogP contribution in [0.1, 0.15) is 46.5 Å². The molecule has 0 aliphatic heterocycles. The zero-order valence-corrected chi connectivity index (χ0v) is 11.4. The molecule has 0 unspecified atom stereocenters. The molecule has 0 saturated heterocycles. The van der Waals surface area contributed by atoms with E-state index in [0.717, 1.165) is 0 Å². The molecule has 4 heteroatoms. The number of hydrogen-bond donors (Lipinski definition) is 0. The summed E-state index contributed by atoms with van der Waals surface area (Å²) in [5.74, 6) is -0.602. The van der Waals surface area contributed by atoms with Gasteiger partial charge in [-0.2, -0.15) is 0 Å². The first kappa shape index (κ1) is 14.7. The fraction of sp³-hybridized carbons (Fsp3) is 0.714. The van der Waals surface area contributed by atoms with E-state index in [0.29, 0.717) is 25.7 Å². The highest BCUT2D eigenvalue weighted by molar-refractivity contribution is 5.81. The summed E-state index contributed by atoms with van der Waals surface area (Å²) in [6, 6.07) is 0. The molecule has 1 aliphatic rings. The first-order chi connectivity index (χ1) is 8.31. The van der Waals surface area contributed by atoms with Crippen LogP contribution >= 0.6 is 0 Å². The maximum Gasteiger partial charge on any atom is 0.330 e. The van der Waals surface area contributed by atoms with Crippen molar-refractivity contribution in [3.63, 3.8) is 0 Å². The van der Waals surface area contributed by atoms with Crippen LogP contribution in [-0.4, -0.2) is 23.6 Å². The minimum Gasteiger partial charge on any atom is -0.460 e. The molecule has 1 saturated carbocycles. The number of ether oxygens (including phenoxy) is 2. The van der Waals surface area contributed by atoms with Gasteiger partial charge in [0.1, 0.15) is 11.7 Å². The Labute approximate surface area is 108 Å². The fourth-order valence-electron chi connectivity index (χ4n) is 2.01. The predicted octanol–water partition coefficient (Wildman–Crippen LogP) is 2.62. The van der Waals surface area contributed by atoms with Crippen molar-refractivity contribution >= 4 is 11.9 Å². The lowest BCUT2D eigenvalue weighted by Crippen LogP contribution is -2.32. The van der Waals surface area contributed by atoms with Crippen molar-refractivity contribution in [1.82, 2.24) is 0 Å². The monoisotopic (exact) mass is 254 g/mol. The molecular formula is C14H22O4. The van der Waals surface area contributed by atoms with E-state index >= 15 is 0 Å². The van der Waals surface area contributed by atoms with Gasteiger partial charge in [-0.25, -0.2) is 4.79 Å². The maximum absolute atomic E-state index is 11.9. The maximum atomic E-state index is 11.9. The normalized spacial score (nSPS) is 24.2. The first-order valence-electron chi connectivity index (χ1n) is 6.37. The second-order valence-corrected chi connectivity index (χ2v) is 5.65. The third kappa shape index (κ3) is 4.90. The molecule has 0 aromatic heterocycles. The van der Waals surface area contributed by atoms with Crippen LogP contribution < -0.4 is 0 Å². The van der Waals surface area contributed by atoms with Crippen LogP contribution in [-0.2, 0) is 19.1 Å². The van der Waals surface area contributed by atoms with Crippen LogP contribution in [0.5, 0.6) is 0 Å². The SMILES string of the molecule is C=CC(=O)OC1CCC(C(=O)OC(C)(C)C)CC1. The van der Waals surface area contributed by atoms with Crippen LogP contribution in [0.3, 0.4) is 0 Å². The summed E-state index contributed by atoms with van der Waals surface area (Å²) in [4.78, 5) is 22.9. The lowest BCUT2D eigenvalue weighted by Gasteiger charge is -2.29. The van der Waals surface area contributed by atoms with E-state index in [1.54, 1.807) is 0 Å². The van der Waals surface area contributed by atoms with Gasteiger partial charge < -0.3 is 9.47 Å². The van der Waals surface area contributed by atoms with Gasteiger partial charge in [-0.1, -0.05) is 6.58 Å². The van der Waals surface area contributed by atoms with Crippen LogP contribution in [0.2, 0.25) is 0 Å². The van der Waals surface area contributed by atoms with Gasteiger partial charge in [0.25, 0.3) is 0 Å². The highest BCUT2D eigenvalue weighted by Gasteiger charge is 2.30. The quantitative estimate of drug-likeness (QED) is 0.574. The molecule has 0 atom stereocenters. The molecule has 0 radical (unpaired) electrons. The number of carbonyl (C=O) groups excluding carboxylic acids is 2. The molecule has 102 valence electrons. The van der Waals surface area contributed by atoms with Crippen LogP contribution in [0.15, 0.2) is 12.7 Å². The molecule has 0 N–H and O–H groups in total. The minimum atomic E-state index is -0.441. The van der Waals surface area contributed by atoms with E-state index in [4.69, 9.17) is 9.47 Å². The summed E-state index contributed by atoms with van der Waals surface area (Å²) >= 11 is 0. The van der Waals surface area contributed by atoms with E-state index in [1.807, 2.05) is 20.8 Å². The summed E-state index contributed by atoms with van der Waals surface area (Å²) in [6.45, 7) is 8.95. The molecule has 0 aromatic carbocycles. The van der Waals surface area contributed by atoms with Gasteiger partial charge in [0.15, 0.2) is 0 Å². The standard InChI is InChI=1S/C14H22O4/c1-5-12(15)17-11-8-6-10(7-9-11)13(16)18-14(2,3)4/h5,10-11H,1,6-9H2,2-4H3. The smallest absolute Gasteiger partial charge is 0.330 e. The van der Waals surface area contributed by atoms with Crippen LogP contribution in [0, 0.1) is 5.92 Å². The molecule has 0 aromatic rings. The molecule has 0 spiro atoms. The molecule has 1 aliphatic carbocycles. The van der Waals surface area contributed by atoms with Gasteiger partial charge in [0.2, 0.25) is 0 Å². The van der Waals surface area contributed by atoms with Gasteiger partial charge in [-0.05, 0) is 46.5 Å². The fourth-order valence-corrected chi connectivity index (χ4v) is 2.01. The van der Waals surface area contributed by atoms with E-state index < -0.39 is 11.6 Å². The highest BCUT2D eigenvalue weighted by atomic mass is 16.6. The van der Waals surface area contributed by atoms with Crippen molar-refractivity contribution < 1.29 is 19.1 Å². The molecule has 18 heavy (non-hydrogen) atoms. The summed E-state index contributed by atoms with van der Waals surface area (Å²) in [7, 11) is 0. The Kier molecular flexibility index (Phi) is 4.93. The summed E-state index contributed by atoms with van der Waals surface area (Å²) in [5.41, 5.74) is -0.441. The molecule has 1 rings (SSSR count). The second-order valence-electron chi connectivity index (χ2n) is 5.65. The van der Waals surface area contributed by atoms with Gasteiger partial charge in [0, 0.05) is 6.08 Å². The van der Waals surface area contributed by atoms with E-state index in [2.05, 4.69) is 6.58 Å². The number of hydrogen-bond acceptors (Lipinski definition) is 4. The Morgan fingerprint density at radius 3 is 2.17 bits per heavy atom. The van der Waals surface area contributed by atoms with Gasteiger partial charge >= 0.3 is 11.9 Å². The Morgan fingerprint density at radius 2 is 1.72 bits per heavy atom. The zero-order valence-electron chi connectivity index (χ0n) is 11.4. The molecule has 4 nitrogen and oxygen atoms in total. The Balaban J connectivity index is 2.37. The van der Waals surface area contributed by atoms with Gasteiger partial charge in [-0.15, -0.1) is 0 Å². The number of rotatable bonds is 3. The average Bonchev–Trinajstić information content (AvgIpc) is 2.27. The van der Waals surface area contributed by atoms with Crippen LogP contribution in [0.4, 0.5) is 0 Å². The number of carbonyl (C=O) groups is 2. The van der Waals surface area contributed by atoms with Crippen molar-refractivity contribution in [3.8, 4) is 0 Å². The lowest BCUT2D eigenvalue weighted by molar-refractivity contribution is -0.162. The van der Waals surface area contributed by atoms with Crippen molar-refractivity contribution in [2.45, 2.75) is 58.2 Å². The topological polar surface area (TPSA) is 52.6 Å². The third-order valence-corrected chi connectivity index (χ3v) is 2.86. The Morgan fingerprint density at radius 1 is 1.17 bits per heavy atom. The van der Waals surface area contributed by atoms with Crippen molar-refractivity contribution in [1.29, 1.82) is 0 Å². The molecule has 0 bridgehead atoms. The first-order valence-corrected chi connectivity index (χ1v) is 6.37. The largest absolute Gasteiger partial charge is 0.460 e. The zero-order chi connectivity index (χ0) is 13.8. The Hall–Kier alpha value is -1.32. The summed E-state index contributed by atoms with van der Waals surface area (Å²) in [5, 5.41) is 0. The average molecular weight is 254 g/mol. The summed E-state index contributed by atoms with van der Waals surface area (Å²) < 4.78 is 10.5. The molecular weight excluding hydrogens is 232 g/mol. The minimum absolute atomic E-state index is 0.0668. The third-order valence-electron chi connectivity index (χ3n) is 2.86. The Bertz CT molecular complexity index is 319. The highest BCUT2D eigenvalue weighted by Crippen LogP contribution is 2.28. The molecule has 0 amide bonds. The van der Waals surface area contributed by atoms with Crippen LogP contribution in [0.25, 0.3) is 0 Å². The van der Waals surface area contributed by atoms with Crippen molar-refractivity contribution in [2.75, 3.05) is 0 Å². The molecule has 0 heterocycles. The van der Waals surface area contributed by atoms with Crippen molar-refractivity contribution in [3.05, 3.63) is 12.7 Å². The second kappa shape index (κ2) is 6.03.